The van der Waals surface area contributed by atoms with E-state index in [0.717, 1.165) is 54.1 Å². The maximum absolute atomic E-state index is 12.1. The fourth-order valence-electron chi connectivity index (χ4n) is 4.08. The zero-order valence-corrected chi connectivity index (χ0v) is 16.8. The van der Waals surface area contributed by atoms with Crippen molar-refractivity contribution in [1.29, 1.82) is 0 Å². The summed E-state index contributed by atoms with van der Waals surface area (Å²) < 4.78 is 16.3. The molecule has 0 spiro atoms. The van der Waals surface area contributed by atoms with E-state index in [1.165, 1.54) is 21.6 Å². The van der Waals surface area contributed by atoms with Gasteiger partial charge in [0.1, 0.15) is 18.7 Å². The van der Waals surface area contributed by atoms with Crippen LogP contribution in [0.5, 0.6) is 11.5 Å². The minimum atomic E-state index is -0.283. The fourth-order valence-corrected chi connectivity index (χ4v) is 4.08. The van der Waals surface area contributed by atoms with Gasteiger partial charge in [-0.05, 0) is 54.8 Å². The molecule has 0 saturated heterocycles. The van der Waals surface area contributed by atoms with E-state index >= 15 is 0 Å². The minimum absolute atomic E-state index is 0.283. The SMILES string of the molecule is COc1cc2c(cc1OC)C[NH+](Cc1cc(=O)oc3cc(C)c(C)cc13)CC2. The van der Waals surface area contributed by atoms with Gasteiger partial charge in [-0.25, -0.2) is 4.79 Å². The molecule has 1 atom stereocenters. The van der Waals surface area contributed by atoms with E-state index in [1.807, 2.05) is 13.0 Å². The van der Waals surface area contributed by atoms with Crippen LogP contribution in [0.25, 0.3) is 11.0 Å². The number of quaternary nitrogens is 1. The van der Waals surface area contributed by atoms with Crippen LogP contribution in [0.4, 0.5) is 0 Å². The van der Waals surface area contributed by atoms with Crippen molar-refractivity contribution in [3.8, 4) is 11.5 Å². The van der Waals surface area contributed by atoms with Crippen molar-refractivity contribution in [2.45, 2.75) is 33.4 Å². The van der Waals surface area contributed by atoms with Crippen LogP contribution < -0.4 is 20.0 Å². The number of ether oxygens (including phenoxy) is 2. The van der Waals surface area contributed by atoms with E-state index in [4.69, 9.17) is 13.9 Å². The standard InChI is InChI=1S/C23H25NO4/c1-14-7-19-18(11-23(25)28-20(19)8-15(14)2)13-24-6-5-16-9-21(26-3)22(27-4)10-17(16)12-24/h7-11H,5-6,12-13H2,1-4H3/p+1. The Morgan fingerprint density at radius 2 is 1.64 bits per heavy atom. The fraction of sp³-hybridized carbons (Fsp3) is 0.348. The van der Waals surface area contributed by atoms with Crippen molar-refractivity contribution in [1.82, 2.24) is 0 Å². The van der Waals surface area contributed by atoms with Crippen molar-refractivity contribution in [3.05, 3.63) is 68.6 Å². The summed E-state index contributed by atoms with van der Waals surface area (Å²) in [5.41, 5.74) is 6.37. The van der Waals surface area contributed by atoms with E-state index in [9.17, 15) is 4.79 Å². The van der Waals surface area contributed by atoms with Gasteiger partial charge in [0.05, 0.1) is 20.8 Å². The molecule has 1 aliphatic heterocycles. The van der Waals surface area contributed by atoms with E-state index < -0.39 is 0 Å². The number of hydrogen-bond donors (Lipinski definition) is 1. The first-order valence-corrected chi connectivity index (χ1v) is 9.60. The Hall–Kier alpha value is -2.79. The lowest BCUT2D eigenvalue weighted by Gasteiger charge is -2.27. The van der Waals surface area contributed by atoms with Crippen LogP contribution >= 0.6 is 0 Å². The third kappa shape index (κ3) is 3.38. The predicted molar refractivity (Wildman–Crippen MR) is 108 cm³/mol. The number of aryl methyl sites for hydroxylation is 2. The molecule has 3 aromatic rings. The second-order valence-corrected chi connectivity index (χ2v) is 7.60. The van der Waals surface area contributed by atoms with Gasteiger partial charge in [0.2, 0.25) is 0 Å². The lowest BCUT2D eigenvalue weighted by Crippen LogP contribution is -3.10. The van der Waals surface area contributed by atoms with Crippen molar-refractivity contribution in [2.24, 2.45) is 0 Å². The number of hydrogen-bond acceptors (Lipinski definition) is 4. The summed E-state index contributed by atoms with van der Waals surface area (Å²) in [7, 11) is 3.33. The summed E-state index contributed by atoms with van der Waals surface area (Å²) in [6.45, 7) is 6.82. The lowest BCUT2D eigenvalue weighted by atomic mass is 9.97. The lowest BCUT2D eigenvalue weighted by molar-refractivity contribution is -0.929. The largest absolute Gasteiger partial charge is 0.493 e. The first-order valence-electron chi connectivity index (χ1n) is 9.60. The number of fused-ring (bicyclic) bond motifs is 2. The number of nitrogens with one attached hydrogen (secondary N) is 1. The molecule has 146 valence electrons. The Kier molecular flexibility index (Phi) is 4.85. The van der Waals surface area contributed by atoms with Crippen LogP contribution in [0.1, 0.15) is 27.8 Å². The predicted octanol–water partition coefficient (Wildman–Crippen LogP) is 2.57. The first kappa shape index (κ1) is 18.6. The van der Waals surface area contributed by atoms with Gasteiger partial charge in [-0.3, -0.25) is 0 Å². The molecule has 1 aliphatic rings. The summed E-state index contributed by atoms with van der Waals surface area (Å²) in [4.78, 5) is 13.5. The van der Waals surface area contributed by atoms with Crippen LogP contribution in [0.2, 0.25) is 0 Å². The smallest absolute Gasteiger partial charge is 0.336 e. The molecule has 1 unspecified atom stereocenters. The van der Waals surface area contributed by atoms with E-state index in [-0.39, 0.29) is 5.63 Å². The Labute approximate surface area is 164 Å². The normalized spacial score (nSPS) is 16.1. The minimum Gasteiger partial charge on any atom is -0.493 e. The van der Waals surface area contributed by atoms with E-state index in [1.54, 1.807) is 20.3 Å². The maximum atomic E-state index is 12.1. The van der Waals surface area contributed by atoms with Gasteiger partial charge in [-0.2, -0.15) is 0 Å². The van der Waals surface area contributed by atoms with Gasteiger partial charge in [-0.15, -0.1) is 0 Å². The van der Waals surface area contributed by atoms with Gasteiger partial charge < -0.3 is 18.8 Å². The highest BCUT2D eigenvalue weighted by molar-refractivity contribution is 5.81. The quantitative estimate of drug-likeness (QED) is 0.707. The highest BCUT2D eigenvalue weighted by Gasteiger charge is 2.23. The molecule has 0 bridgehead atoms. The van der Waals surface area contributed by atoms with E-state index in [0.29, 0.717) is 5.58 Å². The molecular formula is C23H26NO4+. The molecule has 5 heteroatoms. The highest BCUT2D eigenvalue weighted by atomic mass is 16.5. The second kappa shape index (κ2) is 7.32. The topological polar surface area (TPSA) is 53.1 Å². The van der Waals surface area contributed by atoms with Crippen molar-refractivity contribution >= 4 is 11.0 Å². The molecule has 0 aliphatic carbocycles. The van der Waals surface area contributed by atoms with Crippen molar-refractivity contribution in [3.63, 3.8) is 0 Å². The molecule has 2 aromatic carbocycles. The molecule has 2 heterocycles. The summed E-state index contributed by atoms with van der Waals surface area (Å²) in [6.07, 6.45) is 0.975. The summed E-state index contributed by atoms with van der Waals surface area (Å²) in [5.74, 6) is 1.54. The molecule has 0 radical (unpaired) electrons. The zero-order chi connectivity index (χ0) is 19.8. The van der Waals surface area contributed by atoms with Crippen LogP contribution in [0.3, 0.4) is 0 Å². The van der Waals surface area contributed by atoms with Crippen LogP contribution in [0.15, 0.2) is 39.5 Å². The van der Waals surface area contributed by atoms with Crippen LogP contribution in [0, 0.1) is 13.8 Å². The third-order valence-electron chi connectivity index (χ3n) is 5.78. The third-order valence-corrected chi connectivity index (χ3v) is 5.78. The first-order chi connectivity index (χ1) is 13.5. The molecule has 28 heavy (non-hydrogen) atoms. The number of benzene rings is 2. The molecule has 0 amide bonds. The summed E-state index contributed by atoms with van der Waals surface area (Å²) >= 11 is 0. The van der Waals surface area contributed by atoms with Gasteiger partial charge in [-0.1, -0.05) is 0 Å². The van der Waals surface area contributed by atoms with Crippen molar-refractivity contribution in [2.75, 3.05) is 20.8 Å². The second-order valence-electron chi connectivity index (χ2n) is 7.60. The maximum Gasteiger partial charge on any atom is 0.336 e. The Balaban J connectivity index is 1.66. The van der Waals surface area contributed by atoms with Gasteiger partial charge >= 0.3 is 5.63 Å². The van der Waals surface area contributed by atoms with Gasteiger partial charge in [0.15, 0.2) is 11.5 Å². The average molecular weight is 380 g/mol. The Morgan fingerprint density at radius 1 is 0.964 bits per heavy atom. The monoisotopic (exact) mass is 380 g/mol. The molecule has 1 N–H and O–H groups in total. The molecule has 0 saturated carbocycles. The average Bonchev–Trinajstić information content (AvgIpc) is 2.68. The van der Waals surface area contributed by atoms with Crippen LogP contribution in [-0.2, 0) is 19.5 Å². The van der Waals surface area contributed by atoms with E-state index in [2.05, 4.69) is 25.1 Å². The molecule has 1 aromatic heterocycles. The Bertz CT molecular complexity index is 1100. The molecule has 0 fully saturated rings. The molecular weight excluding hydrogens is 354 g/mol. The Morgan fingerprint density at radius 3 is 2.36 bits per heavy atom. The van der Waals surface area contributed by atoms with Crippen LogP contribution in [-0.4, -0.2) is 20.8 Å². The van der Waals surface area contributed by atoms with Crippen molar-refractivity contribution < 1.29 is 18.8 Å². The summed E-state index contributed by atoms with van der Waals surface area (Å²) in [5, 5.41) is 1.04. The van der Waals surface area contributed by atoms with Gasteiger partial charge in [0.25, 0.3) is 0 Å². The summed E-state index contributed by atoms with van der Waals surface area (Å²) in [6, 6.07) is 9.91. The van der Waals surface area contributed by atoms with Gasteiger partial charge in [0, 0.05) is 29.0 Å². The molecule has 4 rings (SSSR count). The number of rotatable bonds is 4. The number of methoxy groups -OCH3 is 2. The zero-order valence-electron chi connectivity index (χ0n) is 16.8. The molecule has 5 nitrogen and oxygen atoms in total. The highest BCUT2D eigenvalue weighted by Crippen LogP contribution is 2.31.